The lowest BCUT2D eigenvalue weighted by Gasteiger charge is -2.04. The Kier molecular flexibility index (Phi) is 5.77. The van der Waals surface area contributed by atoms with Crippen LogP contribution < -0.4 is 4.74 Å². The molecule has 0 bridgehead atoms. The first-order valence-corrected chi connectivity index (χ1v) is 4.71. The zero-order valence-electron chi connectivity index (χ0n) is 8.36. The third kappa shape index (κ3) is 4.84. The van der Waals surface area contributed by atoms with Gasteiger partial charge in [-0.05, 0) is 6.92 Å². The molecule has 0 aliphatic rings. The first-order chi connectivity index (χ1) is 6.93. The van der Waals surface area contributed by atoms with Crippen LogP contribution in [0.2, 0.25) is 0 Å². The molecule has 5 nitrogen and oxygen atoms in total. The molecule has 0 fully saturated rings. The summed E-state index contributed by atoms with van der Waals surface area (Å²) < 4.78 is 15.6. The summed E-state index contributed by atoms with van der Waals surface area (Å²) in [5, 5.41) is 6.45. The van der Waals surface area contributed by atoms with E-state index in [2.05, 4.69) is 10.2 Å². The summed E-state index contributed by atoms with van der Waals surface area (Å²) in [6, 6.07) is 1.76. The fraction of sp³-hybridized carbons (Fsp3) is 0.667. The highest BCUT2D eigenvalue weighted by Crippen LogP contribution is 2.00. The van der Waals surface area contributed by atoms with Gasteiger partial charge < -0.3 is 14.2 Å². The van der Waals surface area contributed by atoms with E-state index in [1.165, 1.54) is 0 Å². The Hall–Kier alpha value is -1.07. The molecule has 1 heterocycles. The lowest BCUT2D eigenvalue weighted by molar-refractivity contribution is 0.0399. The number of rotatable bonds is 8. The van der Waals surface area contributed by atoms with Crippen molar-refractivity contribution in [3.05, 3.63) is 12.3 Å². The van der Waals surface area contributed by atoms with Crippen molar-refractivity contribution >= 4 is 0 Å². The van der Waals surface area contributed by atoms with Gasteiger partial charge in [0.15, 0.2) is 0 Å². The van der Waals surface area contributed by atoms with Crippen LogP contribution in [0, 0.1) is 0 Å². The number of aromatic amines is 1. The van der Waals surface area contributed by atoms with Crippen LogP contribution in [0.15, 0.2) is 12.3 Å². The molecule has 1 aromatic rings. The van der Waals surface area contributed by atoms with Crippen molar-refractivity contribution in [3.8, 4) is 5.88 Å². The highest BCUT2D eigenvalue weighted by molar-refractivity contribution is 5.03. The van der Waals surface area contributed by atoms with Gasteiger partial charge in [-0.25, -0.2) is 5.10 Å². The van der Waals surface area contributed by atoms with Crippen LogP contribution in [0.25, 0.3) is 0 Å². The van der Waals surface area contributed by atoms with E-state index in [0.717, 1.165) is 6.61 Å². The van der Waals surface area contributed by atoms with Crippen LogP contribution in [-0.4, -0.2) is 43.2 Å². The molecule has 0 amide bonds. The molecule has 0 saturated heterocycles. The van der Waals surface area contributed by atoms with Gasteiger partial charge in [0.05, 0.1) is 26.0 Å². The van der Waals surface area contributed by atoms with E-state index in [-0.39, 0.29) is 0 Å². The summed E-state index contributed by atoms with van der Waals surface area (Å²) in [7, 11) is 0. The number of aromatic nitrogens is 2. The second-order valence-corrected chi connectivity index (χ2v) is 2.58. The Bertz CT molecular complexity index is 214. The number of hydrogen-bond acceptors (Lipinski definition) is 4. The molecular formula is C9H16N2O3. The minimum Gasteiger partial charge on any atom is -0.476 e. The van der Waals surface area contributed by atoms with Crippen molar-refractivity contribution in [1.82, 2.24) is 10.2 Å². The third-order valence-electron chi connectivity index (χ3n) is 1.54. The molecule has 0 aliphatic heterocycles. The van der Waals surface area contributed by atoms with Gasteiger partial charge >= 0.3 is 0 Å². The van der Waals surface area contributed by atoms with Crippen molar-refractivity contribution in [1.29, 1.82) is 0 Å². The Morgan fingerprint density at radius 3 is 2.71 bits per heavy atom. The fourth-order valence-corrected chi connectivity index (χ4v) is 0.898. The Labute approximate surface area is 83.4 Å². The molecule has 0 atom stereocenters. The minimum atomic E-state index is 0.522. The van der Waals surface area contributed by atoms with Crippen LogP contribution in [0.1, 0.15) is 6.92 Å². The van der Waals surface area contributed by atoms with E-state index in [4.69, 9.17) is 14.2 Å². The third-order valence-corrected chi connectivity index (χ3v) is 1.54. The van der Waals surface area contributed by atoms with E-state index in [1.54, 1.807) is 12.3 Å². The maximum Gasteiger partial charge on any atom is 0.209 e. The first kappa shape index (κ1) is 11.0. The highest BCUT2D eigenvalue weighted by atomic mass is 16.5. The second kappa shape index (κ2) is 7.34. The zero-order chi connectivity index (χ0) is 10.1. The van der Waals surface area contributed by atoms with Crippen molar-refractivity contribution in [2.45, 2.75) is 6.92 Å². The van der Waals surface area contributed by atoms with E-state index in [0.29, 0.717) is 32.3 Å². The summed E-state index contributed by atoms with van der Waals surface area (Å²) in [6.07, 6.45) is 1.64. The molecule has 80 valence electrons. The molecule has 1 rings (SSSR count). The standard InChI is InChI=1S/C9H16N2O3/c1-2-12-5-6-13-7-8-14-9-3-4-10-11-9/h3-4H,2,5-8H2,1H3,(H,10,11). The van der Waals surface area contributed by atoms with Crippen molar-refractivity contribution in [3.63, 3.8) is 0 Å². The van der Waals surface area contributed by atoms with Gasteiger partial charge in [0, 0.05) is 12.7 Å². The van der Waals surface area contributed by atoms with Crippen LogP contribution in [0.5, 0.6) is 5.88 Å². The molecule has 0 radical (unpaired) electrons. The topological polar surface area (TPSA) is 56.4 Å². The Morgan fingerprint density at radius 2 is 2.00 bits per heavy atom. The van der Waals surface area contributed by atoms with Crippen molar-refractivity contribution < 1.29 is 14.2 Å². The summed E-state index contributed by atoms with van der Waals surface area (Å²) >= 11 is 0. The van der Waals surface area contributed by atoms with Crippen LogP contribution >= 0.6 is 0 Å². The normalized spacial score (nSPS) is 10.4. The lowest BCUT2D eigenvalue weighted by Crippen LogP contribution is -2.10. The molecule has 0 spiro atoms. The zero-order valence-corrected chi connectivity index (χ0v) is 8.36. The van der Waals surface area contributed by atoms with Gasteiger partial charge in [-0.3, -0.25) is 0 Å². The molecule has 1 N–H and O–H groups in total. The summed E-state index contributed by atoms with van der Waals surface area (Å²) in [4.78, 5) is 0. The molecule has 0 aromatic carbocycles. The highest BCUT2D eigenvalue weighted by Gasteiger charge is 1.93. The van der Waals surface area contributed by atoms with Crippen LogP contribution in [-0.2, 0) is 9.47 Å². The van der Waals surface area contributed by atoms with Crippen molar-refractivity contribution in [2.24, 2.45) is 0 Å². The molecule has 0 saturated carbocycles. The van der Waals surface area contributed by atoms with E-state index in [1.807, 2.05) is 6.92 Å². The van der Waals surface area contributed by atoms with E-state index >= 15 is 0 Å². The number of nitrogens with zero attached hydrogens (tertiary/aromatic N) is 1. The molecule has 0 unspecified atom stereocenters. The molecule has 5 heteroatoms. The number of ether oxygens (including phenoxy) is 3. The van der Waals surface area contributed by atoms with Gasteiger partial charge in [0.2, 0.25) is 5.88 Å². The first-order valence-electron chi connectivity index (χ1n) is 4.71. The van der Waals surface area contributed by atoms with Crippen LogP contribution in [0.4, 0.5) is 0 Å². The summed E-state index contributed by atoms with van der Waals surface area (Å²) in [5.41, 5.74) is 0. The van der Waals surface area contributed by atoms with Gasteiger partial charge in [-0.2, -0.15) is 5.10 Å². The molecule has 0 aliphatic carbocycles. The van der Waals surface area contributed by atoms with Gasteiger partial charge in [-0.1, -0.05) is 0 Å². The van der Waals surface area contributed by atoms with Crippen molar-refractivity contribution in [2.75, 3.05) is 33.0 Å². The Morgan fingerprint density at radius 1 is 1.21 bits per heavy atom. The second-order valence-electron chi connectivity index (χ2n) is 2.58. The number of H-pyrrole nitrogens is 1. The number of hydrogen-bond donors (Lipinski definition) is 1. The Balaban J connectivity index is 1.85. The smallest absolute Gasteiger partial charge is 0.209 e. The molecule has 1 aromatic heterocycles. The van der Waals surface area contributed by atoms with Gasteiger partial charge in [0.25, 0.3) is 0 Å². The maximum atomic E-state index is 5.27. The quantitative estimate of drug-likeness (QED) is 0.632. The largest absolute Gasteiger partial charge is 0.476 e. The lowest BCUT2D eigenvalue weighted by atomic mass is 10.7. The fourth-order valence-electron chi connectivity index (χ4n) is 0.898. The maximum absolute atomic E-state index is 5.27. The van der Waals surface area contributed by atoms with E-state index in [9.17, 15) is 0 Å². The predicted molar refractivity (Wildman–Crippen MR) is 51.4 cm³/mol. The molecular weight excluding hydrogens is 184 g/mol. The van der Waals surface area contributed by atoms with Crippen LogP contribution in [0.3, 0.4) is 0 Å². The molecule has 14 heavy (non-hydrogen) atoms. The minimum absolute atomic E-state index is 0.522. The van der Waals surface area contributed by atoms with E-state index < -0.39 is 0 Å². The number of nitrogens with one attached hydrogen (secondary N) is 1. The van der Waals surface area contributed by atoms with Gasteiger partial charge in [0.1, 0.15) is 6.61 Å². The average Bonchev–Trinajstić information content (AvgIpc) is 2.69. The SMILES string of the molecule is CCOCCOCCOc1ccn[nH]1. The summed E-state index contributed by atoms with van der Waals surface area (Å²) in [6.45, 7) is 5.02. The predicted octanol–water partition coefficient (Wildman–Crippen LogP) is 0.842. The average molecular weight is 200 g/mol. The summed E-state index contributed by atoms with van der Waals surface area (Å²) in [5.74, 6) is 0.665. The monoisotopic (exact) mass is 200 g/mol. The van der Waals surface area contributed by atoms with Gasteiger partial charge in [-0.15, -0.1) is 0 Å².